The van der Waals surface area contributed by atoms with Gasteiger partial charge in [0.05, 0.1) is 12.7 Å². The Morgan fingerprint density at radius 3 is 2.28 bits per heavy atom. The molecule has 2 aromatic rings. The first-order valence-electron chi connectivity index (χ1n) is 6.03. The molecule has 0 unspecified atom stereocenters. The van der Waals surface area contributed by atoms with E-state index in [0.29, 0.717) is 11.3 Å². The standard InChI is InChI=1S/C16H16O2/c1-3-12-8-4-5-9-13(12)16(17)14-10-6-7-11-15(14)18-2/h4-11H,3H2,1-2H3. The predicted octanol–water partition coefficient (Wildman–Crippen LogP) is 3.49. The van der Waals surface area contributed by atoms with E-state index in [1.807, 2.05) is 49.4 Å². The Morgan fingerprint density at radius 2 is 1.61 bits per heavy atom. The van der Waals surface area contributed by atoms with Gasteiger partial charge in [-0.3, -0.25) is 4.79 Å². The lowest BCUT2D eigenvalue weighted by molar-refractivity contribution is 0.103. The molecule has 92 valence electrons. The van der Waals surface area contributed by atoms with Crippen LogP contribution in [0, 0.1) is 0 Å². The third-order valence-corrected chi connectivity index (χ3v) is 2.99. The van der Waals surface area contributed by atoms with E-state index < -0.39 is 0 Å². The third-order valence-electron chi connectivity index (χ3n) is 2.99. The number of ether oxygens (including phenoxy) is 1. The van der Waals surface area contributed by atoms with E-state index in [4.69, 9.17) is 4.74 Å². The van der Waals surface area contributed by atoms with E-state index >= 15 is 0 Å². The third kappa shape index (κ3) is 2.28. The summed E-state index contributed by atoms with van der Waals surface area (Å²) in [6.07, 6.45) is 0.844. The van der Waals surface area contributed by atoms with Gasteiger partial charge in [0.1, 0.15) is 5.75 Å². The van der Waals surface area contributed by atoms with Crippen LogP contribution in [0.2, 0.25) is 0 Å². The molecule has 0 saturated heterocycles. The summed E-state index contributed by atoms with van der Waals surface area (Å²) in [4.78, 5) is 12.5. The average molecular weight is 240 g/mol. The van der Waals surface area contributed by atoms with Crippen LogP contribution in [-0.4, -0.2) is 12.9 Å². The molecule has 0 amide bonds. The molecule has 0 saturated carbocycles. The molecule has 0 aliphatic heterocycles. The minimum atomic E-state index is 0.0184. The van der Waals surface area contributed by atoms with Crippen molar-refractivity contribution in [3.63, 3.8) is 0 Å². The molecule has 0 spiro atoms. The highest BCUT2D eigenvalue weighted by molar-refractivity contribution is 6.11. The molecule has 2 aromatic carbocycles. The topological polar surface area (TPSA) is 26.3 Å². The van der Waals surface area contributed by atoms with Crippen molar-refractivity contribution in [2.24, 2.45) is 0 Å². The maximum Gasteiger partial charge on any atom is 0.197 e. The molecule has 0 aliphatic carbocycles. The second-order valence-electron chi connectivity index (χ2n) is 4.04. The normalized spacial score (nSPS) is 10.1. The van der Waals surface area contributed by atoms with E-state index in [2.05, 4.69) is 0 Å². The van der Waals surface area contributed by atoms with Crippen molar-refractivity contribution in [3.8, 4) is 5.75 Å². The summed E-state index contributed by atoms with van der Waals surface area (Å²) in [5, 5.41) is 0. The molecule has 0 N–H and O–H groups in total. The fourth-order valence-corrected chi connectivity index (χ4v) is 2.03. The molecular weight excluding hydrogens is 224 g/mol. The van der Waals surface area contributed by atoms with E-state index in [0.717, 1.165) is 17.5 Å². The zero-order chi connectivity index (χ0) is 13.0. The second-order valence-corrected chi connectivity index (χ2v) is 4.04. The van der Waals surface area contributed by atoms with Crippen molar-refractivity contribution in [3.05, 3.63) is 65.2 Å². The van der Waals surface area contributed by atoms with Crippen molar-refractivity contribution in [1.29, 1.82) is 0 Å². The molecule has 2 rings (SSSR count). The first-order chi connectivity index (χ1) is 8.77. The highest BCUT2D eigenvalue weighted by atomic mass is 16.5. The molecule has 0 atom stereocenters. The van der Waals surface area contributed by atoms with Crippen LogP contribution in [-0.2, 0) is 6.42 Å². The number of ketones is 1. The van der Waals surface area contributed by atoms with Crippen molar-refractivity contribution in [2.75, 3.05) is 7.11 Å². The van der Waals surface area contributed by atoms with Crippen LogP contribution >= 0.6 is 0 Å². The minimum absolute atomic E-state index is 0.0184. The van der Waals surface area contributed by atoms with Gasteiger partial charge in [-0.25, -0.2) is 0 Å². The molecule has 0 radical (unpaired) electrons. The largest absolute Gasteiger partial charge is 0.496 e. The Hall–Kier alpha value is -2.09. The number of hydrogen-bond donors (Lipinski definition) is 0. The number of benzene rings is 2. The van der Waals surface area contributed by atoms with E-state index in [9.17, 15) is 4.79 Å². The van der Waals surface area contributed by atoms with E-state index in [1.54, 1.807) is 13.2 Å². The number of para-hydroxylation sites is 1. The first-order valence-corrected chi connectivity index (χ1v) is 6.03. The minimum Gasteiger partial charge on any atom is -0.496 e. The van der Waals surface area contributed by atoms with Crippen LogP contribution in [0.5, 0.6) is 5.75 Å². The quantitative estimate of drug-likeness (QED) is 0.765. The van der Waals surface area contributed by atoms with Crippen molar-refractivity contribution >= 4 is 5.78 Å². The Morgan fingerprint density at radius 1 is 1.00 bits per heavy atom. The molecule has 0 heterocycles. The van der Waals surface area contributed by atoms with Crippen LogP contribution in [0.25, 0.3) is 0 Å². The fraction of sp³-hybridized carbons (Fsp3) is 0.188. The number of carbonyl (C=O) groups excluding carboxylic acids is 1. The summed E-state index contributed by atoms with van der Waals surface area (Å²) in [7, 11) is 1.58. The van der Waals surface area contributed by atoms with Gasteiger partial charge >= 0.3 is 0 Å². The van der Waals surface area contributed by atoms with Crippen molar-refractivity contribution in [1.82, 2.24) is 0 Å². The maximum absolute atomic E-state index is 12.5. The van der Waals surface area contributed by atoms with Gasteiger partial charge < -0.3 is 4.74 Å². The Kier molecular flexibility index (Phi) is 3.78. The van der Waals surface area contributed by atoms with Gasteiger partial charge in [-0.05, 0) is 24.1 Å². The lowest BCUT2D eigenvalue weighted by atomic mass is 9.96. The van der Waals surface area contributed by atoms with Crippen LogP contribution in [0.15, 0.2) is 48.5 Å². The molecule has 0 aromatic heterocycles. The Bertz CT molecular complexity index is 509. The zero-order valence-electron chi connectivity index (χ0n) is 10.6. The monoisotopic (exact) mass is 240 g/mol. The number of carbonyl (C=O) groups is 1. The van der Waals surface area contributed by atoms with E-state index in [1.165, 1.54) is 0 Å². The van der Waals surface area contributed by atoms with Gasteiger partial charge in [0.15, 0.2) is 5.78 Å². The smallest absolute Gasteiger partial charge is 0.197 e. The predicted molar refractivity (Wildman–Crippen MR) is 72.2 cm³/mol. The summed E-state index contributed by atoms with van der Waals surface area (Å²) in [5.74, 6) is 0.637. The highest BCUT2D eigenvalue weighted by Crippen LogP contribution is 2.22. The summed E-state index contributed by atoms with van der Waals surface area (Å²) >= 11 is 0. The summed E-state index contributed by atoms with van der Waals surface area (Å²) in [5.41, 5.74) is 2.43. The van der Waals surface area contributed by atoms with Crippen LogP contribution < -0.4 is 4.74 Å². The second kappa shape index (κ2) is 5.50. The molecule has 0 fully saturated rings. The van der Waals surface area contributed by atoms with Crippen LogP contribution in [0.4, 0.5) is 0 Å². The van der Waals surface area contributed by atoms with Crippen molar-refractivity contribution in [2.45, 2.75) is 13.3 Å². The SMILES string of the molecule is CCc1ccccc1C(=O)c1ccccc1OC. The molecule has 2 nitrogen and oxygen atoms in total. The van der Waals surface area contributed by atoms with Gasteiger partial charge in [0.25, 0.3) is 0 Å². The first kappa shape index (κ1) is 12.4. The van der Waals surface area contributed by atoms with Crippen molar-refractivity contribution < 1.29 is 9.53 Å². The van der Waals surface area contributed by atoms with E-state index in [-0.39, 0.29) is 5.78 Å². The van der Waals surface area contributed by atoms with Gasteiger partial charge in [-0.1, -0.05) is 43.3 Å². The highest BCUT2D eigenvalue weighted by Gasteiger charge is 2.15. The summed E-state index contributed by atoms with van der Waals surface area (Å²) in [6, 6.07) is 15.0. The van der Waals surface area contributed by atoms with Crippen LogP contribution in [0.1, 0.15) is 28.4 Å². The van der Waals surface area contributed by atoms with Gasteiger partial charge in [-0.15, -0.1) is 0 Å². The van der Waals surface area contributed by atoms with Crippen LogP contribution in [0.3, 0.4) is 0 Å². The Labute approximate surface area is 107 Å². The number of rotatable bonds is 4. The fourth-order valence-electron chi connectivity index (χ4n) is 2.03. The lowest BCUT2D eigenvalue weighted by Crippen LogP contribution is -2.06. The van der Waals surface area contributed by atoms with Gasteiger partial charge in [-0.2, -0.15) is 0 Å². The van der Waals surface area contributed by atoms with Gasteiger partial charge in [0.2, 0.25) is 0 Å². The number of hydrogen-bond acceptors (Lipinski definition) is 2. The summed E-state index contributed by atoms with van der Waals surface area (Å²) in [6.45, 7) is 2.05. The molecular formula is C16H16O2. The molecule has 0 aliphatic rings. The van der Waals surface area contributed by atoms with Gasteiger partial charge in [0, 0.05) is 5.56 Å². The molecule has 0 bridgehead atoms. The zero-order valence-corrected chi connectivity index (χ0v) is 10.6. The maximum atomic E-state index is 12.5. The Balaban J connectivity index is 2.48. The molecule has 18 heavy (non-hydrogen) atoms. The average Bonchev–Trinajstić information content (AvgIpc) is 2.46. The number of methoxy groups -OCH3 is 1. The number of aryl methyl sites for hydroxylation is 1. The lowest BCUT2D eigenvalue weighted by Gasteiger charge is -2.10. The summed E-state index contributed by atoms with van der Waals surface area (Å²) < 4.78 is 5.24. The molecule has 2 heteroatoms.